The van der Waals surface area contributed by atoms with Crippen LogP contribution in [-0.4, -0.2) is 97.1 Å². The smallest absolute Gasteiger partial charge is 0.255 e. The Morgan fingerprint density at radius 2 is 1.63 bits per heavy atom. The summed E-state index contributed by atoms with van der Waals surface area (Å²) in [6.07, 6.45) is 7.72. The van der Waals surface area contributed by atoms with Gasteiger partial charge in [-0.2, -0.15) is 0 Å². The normalized spacial score (nSPS) is 16.6. The summed E-state index contributed by atoms with van der Waals surface area (Å²) in [5.41, 5.74) is 8.64. The van der Waals surface area contributed by atoms with Crippen molar-refractivity contribution in [2.45, 2.75) is 77.4 Å². The number of rotatable bonds is 15. The molecule has 8 rings (SSSR count). The Hall–Kier alpha value is -6.73. The van der Waals surface area contributed by atoms with Crippen LogP contribution in [0.3, 0.4) is 0 Å². The number of nitrogens with zero attached hydrogens (tertiary/aromatic N) is 6. The van der Waals surface area contributed by atoms with Crippen LogP contribution in [0.4, 0.5) is 0 Å². The molecule has 0 bridgehead atoms. The molecule has 3 aromatic carbocycles. The third kappa shape index (κ3) is 9.90. The number of Topliss-reactive ketones (excluding diaryl/α,β-unsaturated/α-hetero) is 2. The highest BCUT2D eigenvalue weighted by Gasteiger charge is 2.40. The van der Waals surface area contributed by atoms with Gasteiger partial charge in [0.1, 0.15) is 17.6 Å². The van der Waals surface area contributed by atoms with E-state index in [1.54, 1.807) is 30.7 Å². The number of aryl methyl sites for hydroxylation is 1. The molecule has 0 spiro atoms. The lowest BCUT2D eigenvalue weighted by atomic mass is 9.97. The van der Waals surface area contributed by atoms with Gasteiger partial charge in [0.05, 0.1) is 5.69 Å². The molecule has 1 unspecified atom stereocenters. The topological polar surface area (TPSA) is 163 Å². The van der Waals surface area contributed by atoms with Crippen molar-refractivity contribution >= 4 is 35.2 Å². The second kappa shape index (κ2) is 18.9. The number of ketones is 2. The number of nitrogens with one attached hydrogen (secondary N) is 1. The van der Waals surface area contributed by atoms with E-state index in [2.05, 4.69) is 33.2 Å². The van der Waals surface area contributed by atoms with Crippen LogP contribution in [0.1, 0.15) is 92.0 Å². The van der Waals surface area contributed by atoms with E-state index in [4.69, 9.17) is 4.98 Å². The van der Waals surface area contributed by atoms with E-state index in [9.17, 15) is 28.8 Å². The number of fused-ring (bicyclic) bond motifs is 1. The summed E-state index contributed by atoms with van der Waals surface area (Å²) in [5, 5.41) is 2.32. The molecular formula is C49H49N7O6. The van der Waals surface area contributed by atoms with Gasteiger partial charge in [-0.1, -0.05) is 54.6 Å². The van der Waals surface area contributed by atoms with E-state index in [-0.39, 0.29) is 74.4 Å². The summed E-state index contributed by atoms with van der Waals surface area (Å²) in [4.78, 5) is 95.9. The Morgan fingerprint density at radius 1 is 0.823 bits per heavy atom. The van der Waals surface area contributed by atoms with Crippen molar-refractivity contribution in [3.8, 4) is 11.3 Å². The number of piperazine rings is 1. The molecule has 1 atom stereocenters. The number of pyridine rings is 1. The maximum absolute atomic E-state index is 13.4. The summed E-state index contributed by atoms with van der Waals surface area (Å²) in [6.45, 7) is 5.67. The molecule has 4 amide bonds. The molecule has 5 heterocycles. The fraction of sp³-hybridized carbons (Fsp3) is 0.327. The Balaban J connectivity index is 0.759. The molecule has 13 heteroatoms. The molecule has 13 nitrogen and oxygen atoms in total. The monoisotopic (exact) mass is 831 g/mol. The van der Waals surface area contributed by atoms with Gasteiger partial charge in [-0.25, -0.2) is 9.97 Å². The predicted molar refractivity (Wildman–Crippen MR) is 231 cm³/mol. The lowest BCUT2D eigenvalue weighted by molar-refractivity contribution is -0.137. The summed E-state index contributed by atoms with van der Waals surface area (Å²) in [7, 11) is 0. The molecule has 3 aliphatic heterocycles. The lowest BCUT2D eigenvalue weighted by Crippen LogP contribution is -2.52. The standard InChI is InChI=1S/C49H49N7O6/c1-32-10-11-34(25-38(32)28-45-51-20-18-42(52-45)37-6-4-19-50-29-37)26-44(58)35-14-12-33(13-15-35)30-54-21-23-55(24-22-54)47(60)9-3-7-39(57)27-36-5-2-8-40-41(36)31-56(49(40)62)43-16-17-46(59)53-48(43)61/h2,4-6,8,10-15,18-20,25,29,43H,3,7,9,16-17,21-24,26-28,30-31H2,1H3,(H,53,59,61). The maximum Gasteiger partial charge on any atom is 0.255 e. The maximum atomic E-state index is 13.4. The minimum atomic E-state index is -0.712. The van der Waals surface area contributed by atoms with Gasteiger partial charge in [0.25, 0.3) is 5.91 Å². The van der Waals surface area contributed by atoms with Crippen LogP contribution < -0.4 is 5.32 Å². The molecule has 0 saturated carbocycles. The largest absolute Gasteiger partial charge is 0.340 e. The first-order valence-electron chi connectivity index (χ1n) is 21.3. The number of amides is 4. The number of hydrogen-bond donors (Lipinski definition) is 1. The number of imide groups is 1. The third-order valence-electron chi connectivity index (χ3n) is 12.1. The molecule has 316 valence electrons. The highest BCUT2D eigenvalue weighted by molar-refractivity contribution is 6.05. The van der Waals surface area contributed by atoms with Gasteiger partial charge in [0.2, 0.25) is 17.7 Å². The van der Waals surface area contributed by atoms with Crippen molar-refractivity contribution in [1.29, 1.82) is 0 Å². The second-order valence-electron chi connectivity index (χ2n) is 16.4. The number of piperidine rings is 1. The van der Waals surface area contributed by atoms with Gasteiger partial charge < -0.3 is 9.80 Å². The molecule has 3 aliphatic rings. The molecule has 0 aliphatic carbocycles. The average Bonchev–Trinajstić information content (AvgIpc) is 3.62. The molecule has 0 radical (unpaired) electrons. The summed E-state index contributed by atoms with van der Waals surface area (Å²) in [6, 6.07) is 24.2. The van der Waals surface area contributed by atoms with E-state index in [1.807, 2.05) is 65.6 Å². The van der Waals surface area contributed by atoms with E-state index in [0.717, 1.165) is 64.3 Å². The van der Waals surface area contributed by atoms with Crippen molar-refractivity contribution in [2.24, 2.45) is 0 Å². The highest BCUT2D eigenvalue weighted by atomic mass is 16.2. The number of hydrogen-bond acceptors (Lipinski definition) is 10. The van der Waals surface area contributed by atoms with Crippen molar-refractivity contribution in [1.82, 2.24) is 35.0 Å². The number of carbonyl (C=O) groups is 6. The second-order valence-corrected chi connectivity index (χ2v) is 16.4. The first-order valence-corrected chi connectivity index (χ1v) is 21.3. The Labute approximate surface area is 360 Å². The minimum absolute atomic E-state index is 0.00863. The van der Waals surface area contributed by atoms with E-state index in [0.29, 0.717) is 42.9 Å². The van der Waals surface area contributed by atoms with Gasteiger partial charge in [0, 0.05) is 113 Å². The van der Waals surface area contributed by atoms with Crippen LogP contribution >= 0.6 is 0 Å². The van der Waals surface area contributed by atoms with Crippen molar-refractivity contribution < 1.29 is 28.8 Å². The van der Waals surface area contributed by atoms with E-state index < -0.39 is 11.9 Å². The van der Waals surface area contributed by atoms with Gasteiger partial charge in [-0.3, -0.25) is 44.0 Å². The van der Waals surface area contributed by atoms with Crippen LogP contribution in [0.2, 0.25) is 0 Å². The van der Waals surface area contributed by atoms with Crippen LogP contribution in [0.15, 0.2) is 97.5 Å². The minimum Gasteiger partial charge on any atom is -0.340 e. The average molecular weight is 832 g/mol. The van der Waals surface area contributed by atoms with Gasteiger partial charge >= 0.3 is 0 Å². The zero-order valence-electron chi connectivity index (χ0n) is 34.8. The lowest BCUT2D eigenvalue weighted by Gasteiger charge is -2.34. The fourth-order valence-corrected chi connectivity index (χ4v) is 8.56. The first-order chi connectivity index (χ1) is 30.1. The zero-order chi connectivity index (χ0) is 43.2. The Bertz CT molecular complexity index is 2520. The van der Waals surface area contributed by atoms with Gasteiger partial charge in [-0.05, 0) is 77.4 Å². The summed E-state index contributed by atoms with van der Waals surface area (Å²) < 4.78 is 0. The van der Waals surface area contributed by atoms with Gasteiger partial charge in [0.15, 0.2) is 5.78 Å². The molecule has 2 saturated heterocycles. The van der Waals surface area contributed by atoms with E-state index >= 15 is 0 Å². The first kappa shape index (κ1) is 42.0. The highest BCUT2D eigenvalue weighted by Crippen LogP contribution is 2.30. The molecular weight excluding hydrogens is 783 g/mol. The van der Waals surface area contributed by atoms with E-state index in [1.165, 1.54) is 4.90 Å². The summed E-state index contributed by atoms with van der Waals surface area (Å²) in [5.74, 6) is -0.288. The Kier molecular flexibility index (Phi) is 12.8. The van der Waals surface area contributed by atoms with Gasteiger partial charge in [-0.15, -0.1) is 0 Å². The molecule has 2 fully saturated rings. The SMILES string of the molecule is Cc1ccc(CC(=O)c2ccc(CN3CCN(C(=O)CCCC(=O)Cc4cccc5c4CN(C4CCC(=O)NC4=O)C5=O)CC3)cc2)cc1Cc1nccc(-c2cccnc2)n1. The van der Waals surface area contributed by atoms with Crippen molar-refractivity contribution in [3.05, 3.63) is 148 Å². The number of aromatic nitrogens is 3. The van der Waals surface area contributed by atoms with Crippen molar-refractivity contribution in [3.63, 3.8) is 0 Å². The quantitative estimate of drug-likeness (QED) is 0.109. The third-order valence-corrected chi connectivity index (χ3v) is 12.1. The molecule has 2 aromatic heterocycles. The van der Waals surface area contributed by atoms with Crippen LogP contribution in [-0.2, 0) is 51.5 Å². The number of benzene rings is 3. The predicted octanol–water partition coefficient (Wildman–Crippen LogP) is 5.25. The fourth-order valence-electron chi connectivity index (χ4n) is 8.56. The van der Waals surface area contributed by atoms with Crippen LogP contribution in [0.5, 0.6) is 0 Å². The summed E-state index contributed by atoms with van der Waals surface area (Å²) >= 11 is 0. The van der Waals surface area contributed by atoms with Crippen LogP contribution in [0.25, 0.3) is 11.3 Å². The zero-order valence-corrected chi connectivity index (χ0v) is 34.8. The molecule has 1 N–H and O–H groups in total. The Morgan fingerprint density at radius 3 is 2.40 bits per heavy atom. The number of carbonyl (C=O) groups excluding carboxylic acids is 6. The molecule has 5 aromatic rings. The van der Waals surface area contributed by atoms with Crippen LogP contribution in [0, 0.1) is 6.92 Å². The molecule has 62 heavy (non-hydrogen) atoms. The van der Waals surface area contributed by atoms with Crippen molar-refractivity contribution in [2.75, 3.05) is 26.2 Å².